The average molecular weight is 267 g/mol. The molecule has 0 saturated heterocycles. The number of aliphatic carboxylic acids is 1. The molecule has 7 nitrogen and oxygen atoms in total. The molecule has 0 aliphatic carbocycles. The second-order valence-corrected chi connectivity index (χ2v) is 4.90. The average Bonchev–Trinajstić information content (AvgIpc) is 2.26. The molecule has 7 heteroatoms. The number of nitrogens with zero attached hydrogens (tertiary/aromatic N) is 3. The van der Waals surface area contributed by atoms with E-state index in [9.17, 15) is 9.59 Å². The van der Waals surface area contributed by atoms with Gasteiger partial charge in [0.2, 0.25) is 0 Å². The molecule has 104 valence electrons. The first kappa shape index (κ1) is 14.9. The van der Waals surface area contributed by atoms with Crippen molar-refractivity contribution < 1.29 is 19.4 Å². The number of aromatic nitrogens is 2. The molecule has 1 N–H and O–H groups in total. The number of carboxylic acids is 1. The molecule has 1 aromatic rings. The number of amides is 1. The van der Waals surface area contributed by atoms with Gasteiger partial charge in [0.1, 0.15) is 18.0 Å². The van der Waals surface area contributed by atoms with Crippen molar-refractivity contribution in [3.8, 4) is 0 Å². The molecule has 19 heavy (non-hydrogen) atoms. The van der Waals surface area contributed by atoms with E-state index in [1.54, 1.807) is 26.8 Å². The minimum absolute atomic E-state index is 0.0119. The molecule has 1 amide bonds. The lowest BCUT2D eigenvalue weighted by Gasteiger charge is -2.25. The van der Waals surface area contributed by atoms with Gasteiger partial charge < -0.3 is 9.84 Å². The monoisotopic (exact) mass is 267 g/mol. The molecule has 1 heterocycles. The van der Waals surface area contributed by atoms with Gasteiger partial charge in [-0.3, -0.25) is 9.69 Å². The normalized spacial score (nSPS) is 10.9. The first-order chi connectivity index (χ1) is 8.78. The summed E-state index contributed by atoms with van der Waals surface area (Å²) in [5.74, 6) is -0.767. The van der Waals surface area contributed by atoms with Crippen molar-refractivity contribution in [2.24, 2.45) is 0 Å². The molecule has 0 aliphatic rings. The van der Waals surface area contributed by atoms with Gasteiger partial charge >= 0.3 is 12.1 Å². The fourth-order valence-corrected chi connectivity index (χ4v) is 1.26. The van der Waals surface area contributed by atoms with Gasteiger partial charge in [-0.1, -0.05) is 0 Å². The van der Waals surface area contributed by atoms with Crippen molar-refractivity contribution in [2.75, 3.05) is 6.54 Å². The first-order valence-electron chi connectivity index (χ1n) is 5.73. The van der Waals surface area contributed by atoms with Crippen molar-refractivity contribution >= 4 is 12.1 Å². The van der Waals surface area contributed by atoms with Crippen LogP contribution in [0.2, 0.25) is 0 Å². The Morgan fingerprint density at radius 3 is 2.37 bits per heavy atom. The summed E-state index contributed by atoms with van der Waals surface area (Å²) in [4.78, 5) is 31.6. The van der Waals surface area contributed by atoms with Gasteiger partial charge in [-0.05, 0) is 26.8 Å². The van der Waals surface area contributed by atoms with E-state index >= 15 is 0 Å². The highest BCUT2D eigenvalue weighted by Crippen LogP contribution is 2.11. The van der Waals surface area contributed by atoms with E-state index < -0.39 is 24.2 Å². The van der Waals surface area contributed by atoms with E-state index in [1.165, 1.54) is 12.4 Å². The third-order valence-electron chi connectivity index (χ3n) is 1.93. The smallest absolute Gasteiger partial charge is 0.411 e. The molecule has 0 radical (unpaired) electrons. The summed E-state index contributed by atoms with van der Waals surface area (Å²) >= 11 is 0. The lowest BCUT2D eigenvalue weighted by molar-refractivity contribution is -0.138. The first-order valence-corrected chi connectivity index (χ1v) is 5.73. The van der Waals surface area contributed by atoms with Gasteiger partial charge in [-0.2, -0.15) is 0 Å². The Labute approximate surface area is 111 Å². The number of hydrogen-bond acceptors (Lipinski definition) is 5. The molecule has 0 bridgehead atoms. The van der Waals surface area contributed by atoms with Crippen LogP contribution in [0.1, 0.15) is 26.6 Å². The summed E-state index contributed by atoms with van der Waals surface area (Å²) in [7, 11) is 0. The Bertz CT molecular complexity index is 442. The Kier molecular flexibility index (Phi) is 4.80. The third-order valence-corrected chi connectivity index (χ3v) is 1.93. The minimum atomic E-state index is -1.12. The summed E-state index contributed by atoms with van der Waals surface area (Å²) in [5, 5.41) is 8.82. The molecule has 1 aromatic heterocycles. The van der Waals surface area contributed by atoms with E-state index in [1.807, 2.05) is 0 Å². The van der Waals surface area contributed by atoms with Crippen LogP contribution in [0.5, 0.6) is 0 Å². The summed E-state index contributed by atoms with van der Waals surface area (Å²) in [6.07, 6.45) is 2.34. The molecule has 0 atom stereocenters. The number of carboxylic acid groups (broad SMARTS) is 1. The maximum Gasteiger partial charge on any atom is 0.411 e. The second kappa shape index (κ2) is 6.12. The lowest BCUT2D eigenvalue weighted by atomic mass is 10.2. The van der Waals surface area contributed by atoms with Crippen LogP contribution < -0.4 is 0 Å². The zero-order valence-electron chi connectivity index (χ0n) is 11.2. The van der Waals surface area contributed by atoms with E-state index in [4.69, 9.17) is 9.84 Å². The summed E-state index contributed by atoms with van der Waals surface area (Å²) in [6.45, 7) is 4.66. The standard InChI is InChI=1S/C12H17N3O4/c1-12(2,3)19-11(18)15(8-10(16)17)7-9-13-5-4-6-14-9/h4-6H,7-8H2,1-3H3,(H,16,17). The van der Waals surface area contributed by atoms with E-state index in [2.05, 4.69) is 9.97 Å². The highest BCUT2D eigenvalue weighted by Gasteiger charge is 2.24. The zero-order valence-corrected chi connectivity index (χ0v) is 11.2. The van der Waals surface area contributed by atoms with Crippen LogP contribution in [0.4, 0.5) is 4.79 Å². The molecule has 0 unspecified atom stereocenters. The minimum Gasteiger partial charge on any atom is -0.480 e. The molecule has 0 saturated carbocycles. The van der Waals surface area contributed by atoms with Crippen LogP contribution in [-0.2, 0) is 16.1 Å². The fraction of sp³-hybridized carbons (Fsp3) is 0.500. The molecule has 0 fully saturated rings. The van der Waals surface area contributed by atoms with E-state index in [0.717, 1.165) is 4.90 Å². The maximum atomic E-state index is 11.9. The van der Waals surface area contributed by atoms with Crippen LogP contribution in [0.15, 0.2) is 18.5 Å². The van der Waals surface area contributed by atoms with Crippen molar-refractivity contribution in [2.45, 2.75) is 32.9 Å². The van der Waals surface area contributed by atoms with Crippen LogP contribution in [0.3, 0.4) is 0 Å². The van der Waals surface area contributed by atoms with Gasteiger partial charge in [-0.25, -0.2) is 14.8 Å². The summed E-state index contributed by atoms with van der Waals surface area (Å²) < 4.78 is 5.14. The van der Waals surface area contributed by atoms with Crippen molar-refractivity contribution in [3.63, 3.8) is 0 Å². The van der Waals surface area contributed by atoms with Gasteiger partial charge in [0.15, 0.2) is 0 Å². The lowest BCUT2D eigenvalue weighted by Crippen LogP contribution is -2.39. The maximum absolute atomic E-state index is 11.9. The van der Waals surface area contributed by atoms with Gasteiger partial charge in [0.25, 0.3) is 0 Å². The van der Waals surface area contributed by atoms with Crippen LogP contribution in [-0.4, -0.2) is 44.2 Å². The van der Waals surface area contributed by atoms with E-state index in [-0.39, 0.29) is 6.54 Å². The molecular weight excluding hydrogens is 250 g/mol. The summed E-state index contributed by atoms with van der Waals surface area (Å²) in [5.41, 5.74) is -0.689. The topological polar surface area (TPSA) is 92.6 Å². The number of carbonyl (C=O) groups is 2. The Morgan fingerprint density at radius 2 is 1.89 bits per heavy atom. The largest absolute Gasteiger partial charge is 0.480 e. The molecular formula is C12H17N3O4. The number of rotatable bonds is 4. The Morgan fingerprint density at radius 1 is 1.32 bits per heavy atom. The van der Waals surface area contributed by atoms with Gasteiger partial charge in [-0.15, -0.1) is 0 Å². The Hall–Kier alpha value is -2.18. The highest BCUT2D eigenvalue weighted by molar-refractivity contribution is 5.76. The van der Waals surface area contributed by atoms with Gasteiger partial charge in [0, 0.05) is 12.4 Å². The van der Waals surface area contributed by atoms with Crippen LogP contribution in [0.25, 0.3) is 0 Å². The zero-order chi connectivity index (χ0) is 14.5. The fourth-order valence-electron chi connectivity index (χ4n) is 1.26. The van der Waals surface area contributed by atoms with Gasteiger partial charge in [0.05, 0.1) is 6.54 Å². The number of carbonyl (C=O) groups excluding carboxylic acids is 1. The summed E-state index contributed by atoms with van der Waals surface area (Å²) in [6, 6.07) is 1.64. The van der Waals surface area contributed by atoms with Crippen molar-refractivity contribution in [3.05, 3.63) is 24.3 Å². The van der Waals surface area contributed by atoms with Crippen molar-refractivity contribution in [1.82, 2.24) is 14.9 Å². The van der Waals surface area contributed by atoms with Crippen LogP contribution in [0, 0.1) is 0 Å². The quantitative estimate of drug-likeness (QED) is 0.883. The predicted octanol–water partition coefficient (Wildman–Crippen LogP) is 1.30. The molecule has 1 rings (SSSR count). The number of ether oxygens (including phenoxy) is 1. The van der Waals surface area contributed by atoms with Crippen LogP contribution >= 0.6 is 0 Å². The SMILES string of the molecule is CC(C)(C)OC(=O)N(CC(=O)O)Cc1ncccn1. The predicted molar refractivity (Wildman–Crippen MR) is 66.3 cm³/mol. The molecule has 0 spiro atoms. The third kappa shape index (κ3) is 5.80. The number of hydrogen-bond donors (Lipinski definition) is 1. The van der Waals surface area contributed by atoms with Crippen molar-refractivity contribution in [1.29, 1.82) is 0 Å². The second-order valence-electron chi connectivity index (χ2n) is 4.90. The highest BCUT2D eigenvalue weighted by atomic mass is 16.6. The molecule has 0 aliphatic heterocycles. The molecule has 0 aromatic carbocycles. The van der Waals surface area contributed by atoms with E-state index in [0.29, 0.717) is 5.82 Å². The Balaban J connectivity index is 2.77.